The van der Waals surface area contributed by atoms with Gasteiger partial charge in [-0.05, 0) is 87.6 Å². The summed E-state index contributed by atoms with van der Waals surface area (Å²) in [5.74, 6) is 2.16. The molecule has 0 bridgehead atoms. The number of benzene rings is 2. The quantitative estimate of drug-likeness (QED) is 0.339. The summed E-state index contributed by atoms with van der Waals surface area (Å²) in [5, 5.41) is 4.76. The topological polar surface area (TPSA) is 34.0 Å². The van der Waals surface area contributed by atoms with E-state index in [1.54, 1.807) is 0 Å². The lowest BCUT2D eigenvalue weighted by Crippen LogP contribution is -2.27. The van der Waals surface area contributed by atoms with E-state index in [0.29, 0.717) is 18.6 Å². The van der Waals surface area contributed by atoms with Crippen molar-refractivity contribution in [2.45, 2.75) is 70.8 Å². The summed E-state index contributed by atoms with van der Waals surface area (Å²) < 4.78 is 2.45. The Bertz CT molecular complexity index is 1090. The number of halogens is 1. The highest BCUT2D eigenvalue weighted by Gasteiger charge is 2.26. The number of para-hydroxylation sites is 1. The van der Waals surface area contributed by atoms with Crippen molar-refractivity contribution < 1.29 is 4.79 Å². The molecular formula is C30H39ClN2O. The Morgan fingerprint density at radius 3 is 2.59 bits per heavy atom. The molecule has 1 unspecified atom stereocenters. The van der Waals surface area contributed by atoms with Crippen LogP contribution in [0, 0.1) is 18.8 Å². The number of Topliss-reactive ketones (excluding diaryl/α,β-unsaturated/α-hetero) is 1. The van der Waals surface area contributed by atoms with Gasteiger partial charge >= 0.3 is 0 Å². The summed E-state index contributed by atoms with van der Waals surface area (Å²) in [6.07, 6.45) is 11.1. The fraction of sp³-hybridized carbons (Fsp3) is 0.500. The average molecular weight is 479 g/mol. The third-order valence-electron chi connectivity index (χ3n) is 7.75. The third kappa shape index (κ3) is 6.12. The second-order valence-electron chi connectivity index (χ2n) is 10.5. The molecule has 2 aromatic carbocycles. The summed E-state index contributed by atoms with van der Waals surface area (Å²) in [4.78, 5) is 13.2. The first-order valence-corrected chi connectivity index (χ1v) is 13.0. The predicted octanol–water partition coefficient (Wildman–Crippen LogP) is 7.04. The van der Waals surface area contributed by atoms with Crippen LogP contribution in [0.4, 0.5) is 0 Å². The minimum absolute atomic E-state index is 0. The van der Waals surface area contributed by atoms with Crippen LogP contribution in [0.25, 0.3) is 10.9 Å². The Balaban J connectivity index is 0.00000274. The van der Waals surface area contributed by atoms with Gasteiger partial charge in [-0.2, -0.15) is 0 Å². The van der Waals surface area contributed by atoms with Gasteiger partial charge in [-0.3, -0.25) is 4.79 Å². The van der Waals surface area contributed by atoms with Crippen molar-refractivity contribution in [2.75, 3.05) is 13.1 Å². The van der Waals surface area contributed by atoms with Crippen molar-refractivity contribution in [1.82, 2.24) is 9.88 Å². The highest BCUT2D eigenvalue weighted by atomic mass is 35.5. The molecular weight excluding hydrogens is 440 g/mol. The number of rotatable bonds is 10. The fourth-order valence-electron chi connectivity index (χ4n) is 5.66. The maximum absolute atomic E-state index is 13.2. The standard InChI is InChI=1S/C30H38N2O.ClH/c1-22-6-4-8-25(18-22)28(19-26(33)9-5-7-23-14-16-31-17-15-23)29-21-32(20-24-12-13-24)30-11-3-2-10-27(29)30;/h2-4,6,8,10-11,18,21,23-24,28,31H,5,7,9,12-17,19-20H2,1H3;1H. The van der Waals surface area contributed by atoms with E-state index in [9.17, 15) is 4.79 Å². The van der Waals surface area contributed by atoms with Crippen LogP contribution in [0.3, 0.4) is 0 Å². The van der Waals surface area contributed by atoms with Crippen LogP contribution >= 0.6 is 12.4 Å². The van der Waals surface area contributed by atoms with Crippen LogP contribution in [0.1, 0.15) is 74.0 Å². The molecule has 34 heavy (non-hydrogen) atoms. The van der Waals surface area contributed by atoms with E-state index in [4.69, 9.17) is 0 Å². The molecule has 1 atom stereocenters. The lowest BCUT2D eigenvalue weighted by atomic mass is 9.85. The lowest BCUT2D eigenvalue weighted by Gasteiger charge is -2.22. The van der Waals surface area contributed by atoms with Gasteiger partial charge in [0.05, 0.1) is 0 Å². The van der Waals surface area contributed by atoms with Crippen molar-refractivity contribution in [3.8, 4) is 0 Å². The van der Waals surface area contributed by atoms with Crippen LogP contribution < -0.4 is 5.32 Å². The van der Waals surface area contributed by atoms with E-state index < -0.39 is 0 Å². The minimum Gasteiger partial charge on any atom is -0.347 e. The van der Waals surface area contributed by atoms with Crippen LogP contribution in [0.2, 0.25) is 0 Å². The van der Waals surface area contributed by atoms with E-state index >= 15 is 0 Å². The van der Waals surface area contributed by atoms with Crippen LogP contribution in [-0.4, -0.2) is 23.4 Å². The zero-order chi connectivity index (χ0) is 22.6. The molecule has 0 amide bonds. The number of ketones is 1. The Labute approximate surface area is 210 Å². The molecule has 0 radical (unpaired) electrons. The maximum atomic E-state index is 13.2. The van der Waals surface area contributed by atoms with Gasteiger partial charge in [-0.1, -0.05) is 48.0 Å². The highest BCUT2D eigenvalue weighted by Crippen LogP contribution is 2.38. The first-order valence-electron chi connectivity index (χ1n) is 13.0. The van der Waals surface area contributed by atoms with Gasteiger partial charge in [-0.25, -0.2) is 0 Å². The van der Waals surface area contributed by atoms with Crippen molar-refractivity contribution in [1.29, 1.82) is 0 Å². The van der Waals surface area contributed by atoms with Gasteiger partial charge < -0.3 is 9.88 Å². The summed E-state index contributed by atoms with van der Waals surface area (Å²) in [7, 11) is 0. The molecule has 2 heterocycles. The van der Waals surface area contributed by atoms with Gasteiger partial charge in [0.15, 0.2) is 0 Å². The third-order valence-corrected chi connectivity index (χ3v) is 7.75. The number of fused-ring (bicyclic) bond motifs is 1. The fourth-order valence-corrected chi connectivity index (χ4v) is 5.66. The molecule has 4 heteroatoms. The molecule has 1 aliphatic carbocycles. The van der Waals surface area contributed by atoms with E-state index in [0.717, 1.165) is 37.9 Å². The summed E-state index contributed by atoms with van der Waals surface area (Å²) >= 11 is 0. The zero-order valence-corrected chi connectivity index (χ0v) is 21.3. The molecule has 0 spiro atoms. The largest absolute Gasteiger partial charge is 0.347 e. The van der Waals surface area contributed by atoms with E-state index in [2.05, 4.69) is 71.5 Å². The van der Waals surface area contributed by atoms with Crippen LogP contribution in [0.5, 0.6) is 0 Å². The number of hydrogen-bond acceptors (Lipinski definition) is 2. The molecule has 182 valence electrons. The second-order valence-corrected chi connectivity index (χ2v) is 10.5. The number of carbonyl (C=O) groups excluding carboxylic acids is 1. The Hall–Kier alpha value is -2.10. The summed E-state index contributed by atoms with van der Waals surface area (Å²) in [5.41, 5.74) is 5.17. The van der Waals surface area contributed by atoms with Gasteiger partial charge in [0.25, 0.3) is 0 Å². The molecule has 1 aromatic heterocycles. The van der Waals surface area contributed by atoms with E-state index in [-0.39, 0.29) is 18.3 Å². The first-order chi connectivity index (χ1) is 16.2. The Morgan fingerprint density at radius 1 is 1.03 bits per heavy atom. The SMILES string of the molecule is Cc1cccc(C(CC(=O)CCCC2CCNCC2)c2cn(CC3CC3)c3ccccc23)c1.Cl. The van der Waals surface area contributed by atoms with Gasteiger partial charge in [0.1, 0.15) is 5.78 Å². The Morgan fingerprint density at radius 2 is 1.82 bits per heavy atom. The Kier molecular flexibility index (Phi) is 8.50. The highest BCUT2D eigenvalue weighted by molar-refractivity contribution is 5.87. The number of aryl methyl sites for hydroxylation is 1. The number of hydrogen-bond donors (Lipinski definition) is 1. The molecule has 3 nitrogen and oxygen atoms in total. The first kappa shape index (κ1) is 25.0. The lowest BCUT2D eigenvalue weighted by molar-refractivity contribution is -0.119. The van der Waals surface area contributed by atoms with Gasteiger partial charge in [0.2, 0.25) is 0 Å². The van der Waals surface area contributed by atoms with E-state index in [1.165, 1.54) is 59.7 Å². The molecule has 1 saturated carbocycles. The number of nitrogens with zero attached hydrogens (tertiary/aromatic N) is 1. The number of nitrogens with one attached hydrogen (secondary N) is 1. The zero-order valence-electron chi connectivity index (χ0n) is 20.5. The van der Waals surface area contributed by atoms with Crippen LogP contribution in [-0.2, 0) is 11.3 Å². The minimum atomic E-state index is 0. The normalized spacial score (nSPS) is 17.4. The molecule has 5 rings (SSSR count). The molecule has 3 aromatic rings. The van der Waals surface area contributed by atoms with Crippen molar-refractivity contribution in [3.05, 3.63) is 71.4 Å². The van der Waals surface area contributed by atoms with Gasteiger partial charge in [-0.15, -0.1) is 12.4 Å². The monoisotopic (exact) mass is 478 g/mol. The number of piperidine rings is 1. The molecule has 1 N–H and O–H groups in total. The number of aromatic nitrogens is 1. The van der Waals surface area contributed by atoms with Crippen molar-refractivity contribution in [3.63, 3.8) is 0 Å². The van der Waals surface area contributed by atoms with Crippen molar-refractivity contribution in [2.24, 2.45) is 11.8 Å². The predicted molar refractivity (Wildman–Crippen MR) is 144 cm³/mol. The summed E-state index contributed by atoms with van der Waals surface area (Å²) in [6, 6.07) is 17.6. The molecule has 2 aliphatic rings. The van der Waals surface area contributed by atoms with Gasteiger partial charge in [0, 0.05) is 42.4 Å². The van der Waals surface area contributed by atoms with Crippen molar-refractivity contribution >= 4 is 29.1 Å². The molecule has 1 saturated heterocycles. The molecule has 1 aliphatic heterocycles. The summed E-state index contributed by atoms with van der Waals surface area (Å²) in [6.45, 7) is 5.53. The maximum Gasteiger partial charge on any atom is 0.133 e. The second kappa shape index (κ2) is 11.6. The average Bonchev–Trinajstić information content (AvgIpc) is 3.58. The van der Waals surface area contributed by atoms with E-state index in [1.807, 2.05) is 0 Å². The number of carbonyl (C=O) groups is 1. The molecule has 2 fully saturated rings. The smallest absolute Gasteiger partial charge is 0.133 e. The van der Waals surface area contributed by atoms with Crippen LogP contribution in [0.15, 0.2) is 54.7 Å².